The van der Waals surface area contributed by atoms with Crippen molar-refractivity contribution in [3.05, 3.63) is 54.1 Å². The highest BCUT2D eigenvalue weighted by atomic mass is 19.4. The molecule has 0 spiro atoms. The molecule has 1 fully saturated rings. The van der Waals surface area contributed by atoms with Crippen LogP contribution >= 0.6 is 0 Å². The first-order valence-corrected chi connectivity index (χ1v) is 9.25. The third kappa shape index (κ3) is 5.53. The van der Waals surface area contributed by atoms with E-state index in [0.717, 1.165) is 18.2 Å². The maximum absolute atomic E-state index is 12.7. The van der Waals surface area contributed by atoms with Crippen molar-refractivity contribution in [2.75, 3.05) is 30.5 Å². The maximum Gasteiger partial charge on any atom is 0.416 e. The number of halogens is 3. The highest BCUT2D eigenvalue weighted by molar-refractivity contribution is 6.00. The van der Waals surface area contributed by atoms with E-state index in [9.17, 15) is 27.6 Å². The van der Waals surface area contributed by atoms with Crippen LogP contribution in [0.5, 0.6) is 5.75 Å². The molecular formula is C21H19F3N2O5. The first kappa shape index (κ1) is 22.1. The molecule has 1 aliphatic rings. The van der Waals surface area contributed by atoms with Gasteiger partial charge in [-0.05, 0) is 42.5 Å². The smallest absolute Gasteiger partial charge is 0.416 e. The summed E-state index contributed by atoms with van der Waals surface area (Å²) in [4.78, 5) is 37.9. The molecule has 1 aliphatic heterocycles. The lowest BCUT2D eigenvalue weighted by Crippen LogP contribution is -2.28. The van der Waals surface area contributed by atoms with E-state index in [1.807, 2.05) is 0 Å². The molecule has 3 rings (SSSR count). The minimum Gasteiger partial charge on any atom is -0.497 e. The fourth-order valence-corrected chi connectivity index (χ4v) is 3.10. The average molecular weight is 436 g/mol. The summed E-state index contributed by atoms with van der Waals surface area (Å²) in [6, 6.07) is 10.8. The molecule has 1 N–H and O–H groups in total. The second-order valence-corrected chi connectivity index (χ2v) is 6.84. The minimum absolute atomic E-state index is 0.0693. The lowest BCUT2D eigenvalue weighted by Gasteiger charge is -2.17. The van der Waals surface area contributed by atoms with Crippen molar-refractivity contribution in [2.24, 2.45) is 5.92 Å². The number of carbonyl (C=O) groups is 3. The Kier molecular flexibility index (Phi) is 6.47. The molecule has 31 heavy (non-hydrogen) atoms. The van der Waals surface area contributed by atoms with Gasteiger partial charge in [0, 0.05) is 24.3 Å². The van der Waals surface area contributed by atoms with Crippen molar-refractivity contribution in [3.63, 3.8) is 0 Å². The molecule has 2 aromatic rings. The first-order chi connectivity index (χ1) is 14.7. The number of rotatable bonds is 6. The third-order valence-corrected chi connectivity index (χ3v) is 4.66. The predicted molar refractivity (Wildman–Crippen MR) is 104 cm³/mol. The van der Waals surface area contributed by atoms with Gasteiger partial charge in [-0.1, -0.05) is 6.07 Å². The normalized spacial score (nSPS) is 16.2. The number of methoxy groups -OCH3 is 1. The number of carbonyl (C=O) groups excluding carboxylic acids is 3. The standard InChI is InChI=1S/C21H19F3N2O5/c1-30-17-7-5-16(6-8-17)26-11-13(9-19(26)28)20(29)31-12-18(27)25-15-4-2-3-14(10-15)21(22,23)24/h2-8,10,13H,9,11-12H2,1H3,(H,25,27)/t13-/m0/s1. The molecule has 0 bridgehead atoms. The van der Waals surface area contributed by atoms with Crippen molar-refractivity contribution in [1.82, 2.24) is 0 Å². The largest absolute Gasteiger partial charge is 0.497 e. The van der Waals surface area contributed by atoms with Gasteiger partial charge < -0.3 is 19.7 Å². The number of nitrogens with one attached hydrogen (secondary N) is 1. The fraction of sp³-hybridized carbons (Fsp3) is 0.286. The number of benzene rings is 2. The van der Waals surface area contributed by atoms with Gasteiger partial charge >= 0.3 is 12.1 Å². The molecule has 1 atom stereocenters. The summed E-state index contributed by atoms with van der Waals surface area (Å²) in [5, 5.41) is 2.25. The van der Waals surface area contributed by atoms with Crippen LogP contribution in [-0.4, -0.2) is 38.0 Å². The Morgan fingerprint density at radius 1 is 1.16 bits per heavy atom. The van der Waals surface area contributed by atoms with E-state index < -0.39 is 36.1 Å². The number of hydrogen-bond donors (Lipinski definition) is 1. The zero-order chi connectivity index (χ0) is 22.6. The van der Waals surface area contributed by atoms with E-state index in [-0.39, 0.29) is 24.6 Å². The summed E-state index contributed by atoms with van der Waals surface area (Å²) in [6.07, 6.45) is -4.61. The van der Waals surface area contributed by atoms with Gasteiger partial charge in [0.1, 0.15) is 5.75 Å². The molecule has 1 saturated heterocycles. The van der Waals surface area contributed by atoms with Gasteiger partial charge in [0.15, 0.2) is 6.61 Å². The second-order valence-electron chi connectivity index (χ2n) is 6.84. The number of esters is 1. The van der Waals surface area contributed by atoms with Gasteiger partial charge in [-0.15, -0.1) is 0 Å². The number of ether oxygens (including phenoxy) is 2. The van der Waals surface area contributed by atoms with E-state index in [0.29, 0.717) is 11.4 Å². The highest BCUT2D eigenvalue weighted by Gasteiger charge is 2.36. The summed E-state index contributed by atoms with van der Waals surface area (Å²) >= 11 is 0. The van der Waals surface area contributed by atoms with Gasteiger partial charge in [-0.2, -0.15) is 13.2 Å². The van der Waals surface area contributed by atoms with Crippen LogP contribution in [0.25, 0.3) is 0 Å². The Hall–Kier alpha value is -3.56. The van der Waals surface area contributed by atoms with Crippen molar-refractivity contribution < 1.29 is 37.0 Å². The van der Waals surface area contributed by atoms with E-state index >= 15 is 0 Å². The molecule has 0 radical (unpaired) electrons. The van der Waals surface area contributed by atoms with Crippen LogP contribution < -0.4 is 15.0 Å². The van der Waals surface area contributed by atoms with Gasteiger partial charge in [0.2, 0.25) is 5.91 Å². The quantitative estimate of drug-likeness (QED) is 0.703. The third-order valence-electron chi connectivity index (χ3n) is 4.66. The Morgan fingerprint density at radius 3 is 2.52 bits per heavy atom. The molecule has 0 aliphatic carbocycles. The van der Waals surface area contributed by atoms with Gasteiger partial charge in [0.25, 0.3) is 5.91 Å². The predicted octanol–water partition coefficient (Wildman–Crippen LogP) is 3.25. The molecule has 0 unspecified atom stereocenters. The molecule has 1 heterocycles. The summed E-state index contributed by atoms with van der Waals surface area (Å²) in [5.41, 5.74) is -0.383. The maximum atomic E-state index is 12.7. The van der Waals surface area contributed by atoms with Crippen molar-refractivity contribution >= 4 is 29.2 Å². The van der Waals surface area contributed by atoms with Crippen LogP contribution in [0.2, 0.25) is 0 Å². The molecule has 7 nitrogen and oxygen atoms in total. The number of amides is 2. The molecule has 10 heteroatoms. The highest BCUT2D eigenvalue weighted by Crippen LogP contribution is 2.31. The molecule has 2 amide bonds. The van der Waals surface area contributed by atoms with E-state index in [1.165, 1.54) is 18.1 Å². The molecule has 2 aromatic carbocycles. The number of nitrogens with zero attached hydrogens (tertiary/aromatic N) is 1. The van der Waals surface area contributed by atoms with Crippen molar-refractivity contribution in [2.45, 2.75) is 12.6 Å². The van der Waals surface area contributed by atoms with E-state index in [2.05, 4.69) is 5.32 Å². The molecule has 0 saturated carbocycles. The molecular weight excluding hydrogens is 417 g/mol. The van der Waals surface area contributed by atoms with Crippen molar-refractivity contribution in [3.8, 4) is 5.75 Å². The molecule has 0 aromatic heterocycles. The summed E-state index contributed by atoms with van der Waals surface area (Å²) in [7, 11) is 1.52. The SMILES string of the molecule is COc1ccc(N2C[C@@H](C(=O)OCC(=O)Nc3cccc(C(F)(F)F)c3)CC2=O)cc1. The van der Waals surface area contributed by atoms with E-state index in [4.69, 9.17) is 9.47 Å². The number of hydrogen-bond acceptors (Lipinski definition) is 5. The van der Waals surface area contributed by atoms with Gasteiger partial charge in [-0.3, -0.25) is 14.4 Å². The van der Waals surface area contributed by atoms with Gasteiger partial charge in [-0.25, -0.2) is 0 Å². The zero-order valence-electron chi connectivity index (χ0n) is 16.4. The lowest BCUT2D eigenvalue weighted by molar-refractivity contribution is -0.151. The zero-order valence-corrected chi connectivity index (χ0v) is 16.4. The van der Waals surface area contributed by atoms with Crippen LogP contribution in [0.1, 0.15) is 12.0 Å². The topological polar surface area (TPSA) is 84.9 Å². The van der Waals surface area contributed by atoms with Crippen LogP contribution in [0, 0.1) is 5.92 Å². The Bertz CT molecular complexity index is 976. The number of alkyl halides is 3. The van der Waals surface area contributed by atoms with Crippen molar-refractivity contribution in [1.29, 1.82) is 0 Å². The minimum atomic E-state index is -4.54. The second kappa shape index (κ2) is 9.07. The molecule has 164 valence electrons. The first-order valence-electron chi connectivity index (χ1n) is 9.25. The lowest BCUT2D eigenvalue weighted by atomic mass is 10.1. The number of anilines is 2. The van der Waals surface area contributed by atoms with Crippen LogP contribution in [0.15, 0.2) is 48.5 Å². The summed E-state index contributed by atoms with van der Waals surface area (Å²) < 4.78 is 48.2. The summed E-state index contributed by atoms with van der Waals surface area (Å²) in [5.74, 6) is -1.91. The van der Waals surface area contributed by atoms with Crippen LogP contribution in [-0.2, 0) is 25.3 Å². The van der Waals surface area contributed by atoms with Crippen LogP contribution in [0.3, 0.4) is 0 Å². The Balaban J connectivity index is 1.52. The average Bonchev–Trinajstić information content (AvgIpc) is 3.13. The van der Waals surface area contributed by atoms with Gasteiger partial charge in [0.05, 0.1) is 18.6 Å². The summed E-state index contributed by atoms with van der Waals surface area (Å²) in [6.45, 7) is -0.582. The fourth-order valence-electron chi connectivity index (χ4n) is 3.10. The van der Waals surface area contributed by atoms with E-state index in [1.54, 1.807) is 24.3 Å². The van der Waals surface area contributed by atoms with Crippen LogP contribution in [0.4, 0.5) is 24.5 Å². The Morgan fingerprint density at radius 2 is 1.87 bits per heavy atom. The Labute approximate surface area is 175 Å². The monoisotopic (exact) mass is 436 g/mol.